The van der Waals surface area contributed by atoms with Crippen LogP contribution in [0.3, 0.4) is 0 Å². The van der Waals surface area contributed by atoms with Gasteiger partial charge in [0.2, 0.25) is 0 Å². The lowest BCUT2D eigenvalue weighted by atomic mass is 10.0. The first-order valence-corrected chi connectivity index (χ1v) is 9.71. The molecule has 1 aromatic heterocycles. The van der Waals surface area contributed by atoms with E-state index in [0.29, 0.717) is 18.8 Å². The molecule has 0 radical (unpaired) electrons. The van der Waals surface area contributed by atoms with Crippen molar-refractivity contribution in [1.82, 2.24) is 24.8 Å². The number of hydrogen-bond acceptors (Lipinski definition) is 5. The second kappa shape index (κ2) is 8.99. The van der Waals surface area contributed by atoms with Crippen molar-refractivity contribution in [3.63, 3.8) is 0 Å². The monoisotopic (exact) mass is 371 g/mol. The first kappa shape index (κ1) is 19.4. The van der Waals surface area contributed by atoms with E-state index >= 15 is 0 Å². The highest BCUT2D eigenvalue weighted by molar-refractivity contribution is 5.91. The molecule has 1 aromatic carbocycles. The highest BCUT2D eigenvalue weighted by Gasteiger charge is 2.24. The molecule has 1 fully saturated rings. The minimum Gasteiger partial charge on any atom is -0.497 e. The summed E-state index contributed by atoms with van der Waals surface area (Å²) >= 11 is 0. The molecular weight excluding hydrogens is 342 g/mol. The van der Waals surface area contributed by atoms with Crippen molar-refractivity contribution in [2.45, 2.75) is 39.3 Å². The van der Waals surface area contributed by atoms with Crippen LogP contribution in [-0.2, 0) is 6.54 Å². The number of aromatic nitrogens is 3. The van der Waals surface area contributed by atoms with Gasteiger partial charge in [0, 0.05) is 26.2 Å². The van der Waals surface area contributed by atoms with E-state index < -0.39 is 0 Å². The predicted molar refractivity (Wildman–Crippen MR) is 104 cm³/mol. The third-order valence-electron chi connectivity index (χ3n) is 5.20. The Labute approximate surface area is 160 Å². The summed E-state index contributed by atoms with van der Waals surface area (Å²) < 4.78 is 7.10. The third-order valence-corrected chi connectivity index (χ3v) is 5.20. The Balaban J connectivity index is 1.63. The maximum absolute atomic E-state index is 12.5. The fourth-order valence-corrected chi connectivity index (χ4v) is 3.61. The standard InChI is InChI=1S/C20H29N5O2/c1-4-24(5-2)20(26)19-15-25(22-21-19)17-7-6-12-23(14-17)13-16-8-10-18(27-3)11-9-16/h8-11,15,17H,4-7,12-14H2,1-3H3. The van der Waals surface area contributed by atoms with Gasteiger partial charge < -0.3 is 9.64 Å². The Morgan fingerprint density at radius 1 is 1.26 bits per heavy atom. The van der Waals surface area contributed by atoms with Gasteiger partial charge >= 0.3 is 0 Å². The largest absolute Gasteiger partial charge is 0.497 e. The van der Waals surface area contributed by atoms with Gasteiger partial charge in [-0.05, 0) is 50.9 Å². The molecule has 1 aliphatic rings. The summed E-state index contributed by atoms with van der Waals surface area (Å²) in [7, 11) is 1.68. The van der Waals surface area contributed by atoms with Gasteiger partial charge in [-0.15, -0.1) is 5.10 Å². The Kier molecular flexibility index (Phi) is 6.45. The maximum Gasteiger partial charge on any atom is 0.276 e. The zero-order valence-corrected chi connectivity index (χ0v) is 16.5. The molecule has 27 heavy (non-hydrogen) atoms. The average molecular weight is 371 g/mol. The van der Waals surface area contributed by atoms with Crippen LogP contribution in [0.2, 0.25) is 0 Å². The number of ether oxygens (including phenoxy) is 1. The topological polar surface area (TPSA) is 63.5 Å². The first-order chi connectivity index (χ1) is 13.1. The molecule has 1 amide bonds. The fourth-order valence-electron chi connectivity index (χ4n) is 3.61. The van der Waals surface area contributed by atoms with Gasteiger partial charge in [-0.2, -0.15) is 0 Å². The van der Waals surface area contributed by atoms with E-state index in [1.807, 2.05) is 36.9 Å². The van der Waals surface area contributed by atoms with Crippen LogP contribution in [0, 0.1) is 0 Å². The molecule has 1 unspecified atom stereocenters. The maximum atomic E-state index is 12.5. The van der Waals surface area contributed by atoms with Gasteiger partial charge in [-0.1, -0.05) is 17.3 Å². The number of hydrogen-bond donors (Lipinski definition) is 0. The van der Waals surface area contributed by atoms with E-state index in [9.17, 15) is 4.79 Å². The van der Waals surface area contributed by atoms with Crippen molar-refractivity contribution in [2.75, 3.05) is 33.3 Å². The predicted octanol–water partition coefficient (Wildman–Crippen LogP) is 2.61. The first-order valence-electron chi connectivity index (χ1n) is 9.71. The van der Waals surface area contributed by atoms with Crippen molar-refractivity contribution in [2.24, 2.45) is 0 Å². The molecule has 7 heteroatoms. The smallest absolute Gasteiger partial charge is 0.276 e. The molecule has 1 atom stereocenters. The summed E-state index contributed by atoms with van der Waals surface area (Å²) in [5.74, 6) is 0.834. The fraction of sp³-hybridized carbons (Fsp3) is 0.550. The number of rotatable bonds is 7. The highest BCUT2D eigenvalue weighted by Crippen LogP contribution is 2.23. The SMILES string of the molecule is CCN(CC)C(=O)c1cn(C2CCCN(Cc3ccc(OC)cc3)C2)nn1. The van der Waals surface area contributed by atoms with Gasteiger partial charge in [-0.3, -0.25) is 9.69 Å². The number of methoxy groups -OCH3 is 1. The zero-order valence-electron chi connectivity index (χ0n) is 16.5. The van der Waals surface area contributed by atoms with Crippen LogP contribution < -0.4 is 4.74 Å². The van der Waals surface area contributed by atoms with Crippen molar-refractivity contribution in [3.05, 3.63) is 41.7 Å². The lowest BCUT2D eigenvalue weighted by Gasteiger charge is -2.32. The second-order valence-corrected chi connectivity index (χ2v) is 6.94. The Hall–Kier alpha value is -2.41. The molecule has 2 aromatic rings. The van der Waals surface area contributed by atoms with Crippen molar-refractivity contribution in [3.8, 4) is 5.75 Å². The van der Waals surface area contributed by atoms with Crippen LogP contribution in [0.4, 0.5) is 0 Å². The molecule has 3 rings (SSSR count). The van der Waals surface area contributed by atoms with E-state index in [2.05, 4.69) is 27.3 Å². The molecular formula is C20H29N5O2. The minimum atomic E-state index is -0.0443. The number of benzene rings is 1. The van der Waals surface area contributed by atoms with Gasteiger partial charge in [0.15, 0.2) is 5.69 Å². The number of carbonyl (C=O) groups excluding carboxylic acids is 1. The minimum absolute atomic E-state index is 0.0443. The Morgan fingerprint density at radius 2 is 2.00 bits per heavy atom. The Bertz CT molecular complexity index is 739. The summed E-state index contributed by atoms with van der Waals surface area (Å²) in [4.78, 5) is 16.7. The molecule has 1 aliphatic heterocycles. The number of carbonyl (C=O) groups is 1. The van der Waals surface area contributed by atoms with E-state index in [0.717, 1.165) is 38.2 Å². The molecule has 0 aliphatic carbocycles. The van der Waals surface area contributed by atoms with Crippen LogP contribution in [0.5, 0.6) is 5.75 Å². The number of likely N-dealkylation sites (tertiary alicyclic amines) is 1. The molecule has 0 spiro atoms. The molecule has 146 valence electrons. The molecule has 2 heterocycles. The molecule has 0 saturated carbocycles. The van der Waals surface area contributed by atoms with Gasteiger partial charge in [0.1, 0.15) is 5.75 Å². The van der Waals surface area contributed by atoms with Crippen LogP contribution in [-0.4, -0.2) is 64.0 Å². The molecule has 0 bridgehead atoms. The van der Waals surface area contributed by atoms with Crippen molar-refractivity contribution in [1.29, 1.82) is 0 Å². The third kappa shape index (κ3) is 4.66. The number of amides is 1. The average Bonchev–Trinajstić information content (AvgIpc) is 3.20. The zero-order chi connectivity index (χ0) is 19.2. The van der Waals surface area contributed by atoms with Crippen molar-refractivity contribution < 1.29 is 9.53 Å². The van der Waals surface area contributed by atoms with Crippen LogP contribution in [0.1, 0.15) is 48.8 Å². The summed E-state index contributed by atoms with van der Waals surface area (Å²) in [6, 6.07) is 8.47. The van der Waals surface area contributed by atoms with E-state index in [-0.39, 0.29) is 11.9 Å². The van der Waals surface area contributed by atoms with Crippen LogP contribution in [0.25, 0.3) is 0 Å². The summed E-state index contributed by atoms with van der Waals surface area (Å²) in [6.45, 7) is 8.20. The van der Waals surface area contributed by atoms with E-state index in [1.54, 1.807) is 12.0 Å². The highest BCUT2D eigenvalue weighted by atomic mass is 16.5. The molecule has 0 N–H and O–H groups in total. The van der Waals surface area contributed by atoms with Crippen LogP contribution >= 0.6 is 0 Å². The summed E-state index contributed by atoms with van der Waals surface area (Å²) in [5.41, 5.74) is 1.71. The molecule has 7 nitrogen and oxygen atoms in total. The van der Waals surface area contributed by atoms with Gasteiger partial charge in [0.25, 0.3) is 5.91 Å². The van der Waals surface area contributed by atoms with E-state index in [4.69, 9.17) is 4.74 Å². The Morgan fingerprint density at radius 3 is 2.67 bits per heavy atom. The second-order valence-electron chi connectivity index (χ2n) is 6.94. The number of piperidine rings is 1. The molecule has 1 saturated heterocycles. The lowest BCUT2D eigenvalue weighted by molar-refractivity contribution is 0.0767. The number of nitrogens with zero attached hydrogens (tertiary/aromatic N) is 5. The van der Waals surface area contributed by atoms with Crippen molar-refractivity contribution >= 4 is 5.91 Å². The quantitative estimate of drug-likeness (QED) is 0.749. The lowest BCUT2D eigenvalue weighted by Crippen LogP contribution is -2.36. The van der Waals surface area contributed by atoms with Gasteiger partial charge in [0.05, 0.1) is 19.3 Å². The summed E-state index contributed by atoms with van der Waals surface area (Å²) in [5, 5.41) is 8.38. The normalized spacial score (nSPS) is 17.7. The van der Waals surface area contributed by atoms with Gasteiger partial charge in [-0.25, -0.2) is 4.68 Å². The summed E-state index contributed by atoms with van der Waals surface area (Å²) in [6.07, 6.45) is 3.98. The van der Waals surface area contributed by atoms with E-state index in [1.165, 1.54) is 5.56 Å². The van der Waals surface area contributed by atoms with Crippen LogP contribution in [0.15, 0.2) is 30.5 Å².